The predicted octanol–water partition coefficient (Wildman–Crippen LogP) is 2.33. The van der Waals surface area contributed by atoms with E-state index in [-0.39, 0.29) is 5.69 Å². The molecule has 0 fully saturated rings. The molecule has 0 saturated carbocycles. The minimum atomic E-state index is -1.04. The Kier molecular flexibility index (Phi) is 3.66. The molecule has 0 atom stereocenters. The molecule has 0 unspecified atom stereocenters. The molecule has 5 heteroatoms. The topological polar surface area (TPSA) is 64.3 Å². The van der Waals surface area contributed by atoms with Gasteiger partial charge in [-0.2, -0.15) is 5.10 Å². The maximum absolute atomic E-state index is 11.0. The maximum atomic E-state index is 11.0. The first kappa shape index (κ1) is 13.3. The molecule has 0 saturated heterocycles. The van der Waals surface area contributed by atoms with Gasteiger partial charge in [0.05, 0.1) is 18.0 Å². The van der Waals surface area contributed by atoms with E-state index in [0.717, 1.165) is 16.8 Å². The molecule has 1 aromatic heterocycles. The molecule has 19 heavy (non-hydrogen) atoms. The first-order valence-corrected chi connectivity index (χ1v) is 5.92. The maximum Gasteiger partial charge on any atom is 0.356 e. The van der Waals surface area contributed by atoms with E-state index >= 15 is 0 Å². The van der Waals surface area contributed by atoms with Gasteiger partial charge < -0.3 is 9.84 Å². The molecule has 5 nitrogen and oxygen atoms in total. The molecule has 0 aliphatic rings. The molecule has 0 aliphatic carbocycles. The van der Waals surface area contributed by atoms with E-state index < -0.39 is 5.97 Å². The zero-order chi connectivity index (χ0) is 14.0. The molecular weight excluding hydrogens is 244 g/mol. The van der Waals surface area contributed by atoms with Crippen molar-refractivity contribution in [2.24, 2.45) is 0 Å². The highest BCUT2D eigenvalue weighted by Gasteiger charge is 2.15. The van der Waals surface area contributed by atoms with E-state index in [2.05, 4.69) is 5.10 Å². The van der Waals surface area contributed by atoms with Gasteiger partial charge in [0.2, 0.25) is 0 Å². The molecule has 0 radical (unpaired) electrons. The van der Waals surface area contributed by atoms with E-state index in [9.17, 15) is 4.79 Å². The first-order valence-electron chi connectivity index (χ1n) is 5.92. The van der Waals surface area contributed by atoms with Crippen LogP contribution in [-0.2, 0) is 11.3 Å². The van der Waals surface area contributed by atoms with Gasteiger partial charge in [-0.25, -0.2) is 9.48 Å². The fraction of sp³-hybridized carbons (Fsp3) is 0.286. The Morgan fingerprint density at radius 2 is 2.16 bits per heavy atom. The van der Waals surface area contributed by atoms with Crippen LogP contribution in [0.1, 0.15) is 27.3 Å². The van der Waals surface area contributed by atoms with Crippen molar-refractivity contribution < 1.29 is 14.6 Å². The lowest BCUT2D eigenvalue weighted by Crippen LogP contribution is -2.06. The molecular formula is C14H16N2O3. The van der Waals surface area contributed by atoms with Gasteiger partial charge in [0, 0.05) is 7.11 Å². The highest BCUT2D eigenvalue weighted by atomic mass is 16.5. The first-order chi connectivity index (χ1) is 9.04. The molecule has 100 valence electrons. The number of carboxylic acids is 1. The van der Waals surface area contributed by atoms with Crippen molar-refractivity contribution in [2.75, 3.05) is 7.11 Å². The summed E-state index contributed by atoms with van der Waals surface area (Å²) in [5.74, 6) is -1.04. The van der Waals surface area contributed by atoms with Gasteiger partial charge in [-0.3, -0.25) is 0 Å². The van der Waals surface area contributed by atoms with Gasteiger partial charge in [0.25, 0.3) is 0 Å². The summed E-state index contributed by atoms with van der Waals surface area (Å²) in [4.78, 5) is 11.0. The van der Waals surface area contributed by atoms with E-state index in [1.165, 1.54) is 6.07 Å². The smallest absolute Gasteiger partial charge is 0.356 e. The number of carbonyl (C=O) groups is 1. The average molecular weight is 260 g/mol. The SMILES string of the molecule is COCc1cc(C(=O)O)nn1-c1cccc(C)c1C. The Hall–Kier alpha value is -2.14. The summed E-state index contributed by atoms with van der Waals surface area (Å²) in [5, 5.41) is 13.2. The molecule has 2 aromatic rings. The normalized spacial score (nSPS) is 10.7. The molecule has 1 aromatic carbocycles. The van der Waals surface area contributed by atoms with Crippen molar-refractivity contribution >= 4 is 5.97 Å². The third-order valence-corrected chi connectivity index (χ3v) is 3.10. The van der Waals surface area contributed by atoms with Crippen molar-refractivity contribution in [3.8, 4) is 5.69 Å². The molecule has 2 rings (SSSR count). The van der Waals surface area contributed by atoms with Crippen LogP contribution in [0.25, 0.3) is 5.69 Å². The lowest BCUT2D eigenvalue weighted by molar-refractivity contribution is 0.0690. The second-order valence-electron chi connectivity index (χ2n) is 4.39. The molecule has 0 amide bonds. The van der Waals surface area contributed by atoms with Gasteiger partial charge in [0.1, 0.15) is 0 Å². The Balaban J connectivity index is 2.59. The van der Waals surface area contributed by atoms with Gasteiger partial charge >= 0.3 is 5.97 Å². The number of nitrogens with zero attached hydrogens (tertiary/aromatic N) is 2. The number of methoxy groups -OCH3 is 1. The largest absolute Gasteiger partial charge is 0.476 e. The number of rotatable bonds is 4. The van der Waals surface area contributed by atoms with Crippen molar-refractivity contribution in [3.63, 3.8) is 0 Å². The Labute approximate surface area is 111 Å². The standard InChI is InChI=1S/C14H16N2O3/c1-9-5-4-6-13(10(9)2)16-11(8-19-3)7-12(15-16)14(17)18/h4-7H,8H2,1-3H3,(H,17,18). The van der Waals surface area contributed by atoms with Crippen LogP contribution < -0.4 is 0 Å². The summed E-state index contributed by atoms with van der Waals surface area (Å²) in [7, 11) is 1.57. The van der Waals surface area contributed by atoms with Crippen LogP contribution in [0.2, 0.25) is 0 Å². The van der Waals surface area contributed by atoms with Crippen LogP contribution in [-0.4, -0.2) is 28.0 Å². The summed E-state index contributed by atoms with van der Waals surface area (Å²) in [6, 6.07) is 7.39. The molecule has 1 N–H and O–H groups in total. The number of aromatic nitrogens is 2. The third-order valence-electron chi connectivity index (χ3n) is 3.10. The number of hydrogen-bond acceptors (Lipinski definition) is 3. The lowest BCUT2D eigenvalue weighted by atomic mass is 10.1. The summed E-state index contributed by atoms with van der Waals surface area (Å²) in [6.07, 6.45) is 0. The van der Waals surface area contributed by atoms with E-state index in [4.69, 9.17) is 9.84 Å². The Morgan fingerprint density at radius 3 is 2.79 bits per heavy atom. The molecule has 1 heterocycles. The number of hydrogen-bond donors (Lipinski definition) is 1. The number of aryl methyl sites for hydroxylation is 1. The van der Waals surface area contributed by atoms with Crippen LogP contribution >= 0.6 is 0 Å². The Bertz CT molecular complexity index is 617. The van der Waals surface area contributed by atoms with Gasteiger partial charge in [0.15, 0.2) is 5.69 Å². The number of carboxylic acid groups (broad SMARTS) is 1. The van der Waals surface area contributed by atoms with E-state index in [1.807, 2.05) is 32.0 Å². The molecule has 0 bridgehead atoms. The van der Waals surface area contributed by atoms with Gasteiger partial charge in [-0.05, 0) is 37.1 Å². The zero-order valence-electron chi connectivity index (χ0n) is 11.2. The number of ether oxygens (including phenoxy) is 1. The van der Waals surface area contributed by atoms with Gasteiger partial charge in [-0.15, -0.1) is 0 Å². The number of aromatic carboxylic acids is 1. The van der Waals surface area contributed by atoms with Crippen LogP contribution in [0.5, 0.6) is 0 Å². The van der Waals surface area contributed by atoms with Crippen LogP contribution in [0.3, 0.4) is 0 Å². The Morgan fingerprint density at radius 1 is 1.42 bits per heavy atom. The monoisotopic (exact) mass is 260 g/mol. The van der Waals surface area contributed by atoms with Crippen LogP contribution in [0, 0.1) is 13.8 Å². The van der Waals surface area contributed by atoms with Crippen molar-refractivity contribution in [2.45, 2.75) is 20.5 Å². The van der Waals surface area contributed by atoms with E-state index in [1.54, 1.807) is 11.8 Å². The van der Waals surface area contributed by atoms with Crippen molar-refractivity contribution in [1.29, 1.82) is 0 Å². The summed E-state index contributed by atoms with van der Waals surface area (Å²) < 4.78 is 6.73. The minimum absolute atomic E-state index is 0.0213. The van der Waals surface area contributed by atoms with Gasteiger partial charge in [-0.1, -0.05) is 12.1 Å². The lowest BCUT2D eigenvalue weighted by Gasteiger charge is -2.11. The molecule has 0 spiro atoms. The van der Waals surface area contributed by atoms with E-state index in [0.29, 0.717) is 12.3 Å². The fourth-order valence-corrected chi connectivity index (χ4v) is 1.95. The van der Waals surface area contributed by atoms with Crippen molar-refractivity contribution in [1.82, 2.24) is 9.78 Å². The predicted molar refractivity (Wildman–Crippen MR) is 70.7 cm³/mol. The fourth-order valence-electron chi connectivity index (χ4n) is 1.95. The molecule has 0 aliphatic heterocycles. The van der Waals surface area contributed by atoms with Crippen LogP contribution in [0.15, 0.2) is 24.3 Å². The minimum Gasteiger partial charge on any atom is -0.476 e. The second-order valence-corrected chi connectivity index (χ2v) is 4.39. The quantitative estimate of drug-likeness (QED) is 0.916. The second kappa shape index (κ2) is 5.24. The average Bonchev–Trinajstić information content (AvgIpc) is 2.77. The number of benzene rings is 1. The highest BCUT2D eigenvalue weighted by molar-refractivity contribution is 5.85. The third kappa shape index (κ3) is 2.51. The summed E-state index contributed by atoms with van der Waals surface area (Å²) in [5.41, 5.74) is 3.81. The van der Waals surface area contributed by atoms with Crippen LogP contribution in [0.4, 0.5) is 0 Å². The summed E-state index contributed by atoms with van der Waals surface area (Å²) >= 11 is 0. The zero-order valence-corrected chi connectivity index (χ0v) is 11.2. The summed E-state index contributed by atoms with van der Waals surface area (Å²) in [6.45, 7) is 4.31. The van der Waals surface area contributed by atoms with Crippen molar-refractivity contribution in [3.05, 3.63) is 46.8 Å². The highest BCUT2D eigenvalue weighted by Crippen LogP contribution is 2.20.